The number of benzene rings is 1. The Morgan fingerprint density at radius 1 is 1.15 bits per heavy atom. The van der Waals surface area contributed by atoms with Crippen LogP contribution >= 0.6 is 0 Å². The fraction of sp³-hybridized carbons (Fsp3) is 0.393. The van der Waals surface area contributed by atoms with Gasteiger partial charge in [0.15, 0.2) is 11.6 Å². The smallest absolute Gasteiger partial charge is 0.229 e. The van der Waals surface area contributed by atoms with E-state index in [1.807, 2.05) is 38.3 Å². The average molecular weight is 536 g/mol. The Morgan fingerprint density at radius 2 is 1.97 bits per heavy atom. The number of aryl methyl sites for hydroxylation is 1. The summed E-state index contributed by atoms with van der Waals surface area (Å²) in [6.45, 7) is 10.4. The molecule has 0 bridgehead atoms. The second-order valence-corrected chi connectivity index (χ2v) is 10.4. The monoisotopic (exact) mass is 535 g/mol. The van der Waals surface area contributed by atoms with Gasteiger partial charge in [-0.05, 0) is 51.5 Å². The Labute approximate surface area is 225 Å². The third-order valence-corrected chi connectivity index (χ3v) is 6.86. The molecule has 3 aromatic heterocycles. The van der Waals surface area contributed by atoms with E-state index in [0.29, 0.717) is 48.8 Å². The molecule has 0 amide bonds. The van der Waals surface area contributed by atoms with E-state index in [0.717, 1.165) is 24.6 Å². The number of nitrogens with one attached hydrogen (secondary N) is 1. The SMILES string of the molecule is Cc1nc2c(F)cc(-c3nc(Nc4ccc(CN5CCOC(C)(CC=O)C5)cn4)ncc3F)cc2n1C(C)C. The van der Waals surface area contributed by atoms with Gasteiger partial charge in [0.05, 0.1) is 23.9 Å². The number of carbonyl (C=O) groups excluding carboxylic acids is 1. The van der Waals surface area contributed by atoms with Crippen molar-refractivity contribution in [3.05, 3.63) is 59.7 Å². The summed E-state index contributed by atoms with van der Waals surface area (Å²) in [5.74, 6) is 0.0981. The standard InChI is InChI=1S/C28H31F2N7O2/c1-17(2)37-18(3)33-26-21(29)11-20(12-23(26)37)25-22(30)14-32-27(35-25)34-24-6-5-19(13-31-24)15-36-8-10-39-28(4,16-36)7-9-38/h5-6,9,11-14,17H,7-8,10,15-16H2,1-4H3,(H,31,32,34,35). The van der Waals surface area contributed by atoms with E-state index in [4.69, 9.17) is 4.74 Å². The number of ether oxygens (including phenoxy) is 1. The number of nitrogens with zero attached hydrogens (tertiary/aromatic N) is 6. The Balaban J connectivity index is 1.34. The van der Waals surface area contributed by atoms with Crippen LogP contribution in [0.3, 0.4) is 0 Å². The molecule has 0 radical (unpaired) electrons. The first-order valence-electron chi connectivity index (χ1n) is 12.9. The van der Waals surface area contributed by atoms with Crippen LogP contribution in [0.4, 0.5) is 20.5 Å². The maximum Gasteiger partial charge on any atom is 0.229 e. The summed E-state index contributed by atoms with van der Waals surface area (Å²) in [6.07, 6.45) is 4.05. The van der Waals surface area contributed by atoms with Crippen LogP contribution in [0.2, 0.25) is 0 Å². The van der Waals surface area contributed by atoms with Gasteiger partial charge in [0.1, 0.15) is 29.1 Å². The zero-order valence-electron chi connectivity index (χ0n) is 22.4. The van der Waals surface area contributed by atoms with E-state index < -0.39 is 17.2 Å². The average Bonchev–Trinajstić information content (AvgIpc) is 3.23. The quantitative estimate of drug-likeness (QED) is 0.316. The lowest BCUT2D eigenvalue weighted by Crippen LogP contribution is -2.49. The molecule has 1 aliphatic rings. The molecule has 1 aliphatic heterocycles. The van der Waals surface area contributed by atoms with E-state index in [-0.39, 0.29) is 23.2 Å². The summed E-state index contributed by atoms with van der Waals surface area (Å²) in [6, 6.07) is 6.73. The molecule has 1 fully saturated rings. The van der Waals surface area contributed by atoms with Crippen LogP contribution in [-0.2, 0) is 16.1 Å². The lowest BCUT2D eigenvalue weighted by Gasteiger charge is -2.39. The van der Waals surface area contributed by atoms with Gasteiger partial charge in [0, 0.05) is 43.9 Å². The second-order valence-electron chi connectivity index (χ2n) is 10.4. The predicted molar refractivity (Wildman–Crippen MR) is 144 cm³/mol. The van der Waals surface area contributed by atoms with E-state index in [1.54, 1.807) is 18.3 Å². The van der Waals surface area contributed by atoms with Gasteiger partial charge in [-0.15, -0.1) is 0 Å². The number of aromatic nitrogens is 5. The van der Waals surface area contributed by atoms with Crippen LogP contribution in [0.15, 0.2) is 36.7 Å². The summed E-state index contributed by atoms with van der Waals surface area (Å²) in [7, 11) is 0. The summed E-state index contributed by atoms with van der Waals surface area (Å²) < 4.78 is 37.5. The van der Waals surface area contributed by atoms with Crippen molar-refractivity contribution in [2.45, 2.75) is 52.3 Å². The molecule has 4 heterocycles. The number of imidazole rings is 1. The van der Waals surface area contributed by atoms with Gasteiger partial charge in [-0.25, -0.2) is 28.7 Å². The van der Waals surface area contributed by atoms with Gasteiger partial charge in [-0.1, -0.05) is 6.07 Å². The van der Waals surface area contributed by atoms with E-state index >= 15 is 0 Å². The molecule has 1 N–H and O–H groups in total. The van der Waals surface area contributed by atoms with Crippen LogP contribution in [0, 0.1) is 18.6 Å². The van der Waals surface area contributed by atoms with Gasteiger partial charge >= 0.3 is 0 Å². The minimum atomic E-state index is -0.665. The maximum absolute atomic E-state index is 15.0. The summed E-state index contributed by atoms with van der Waals surface area (Å²) in [5, 5.41) is 3.00. The lowest BCUT2D eigenvalue weighted by molar-refractivity contribution is -0.126. The highest BCUT2D eigenvalue weighted by atomic mass is 19.1. The highest BCUT2D eigenvalue weighted by Gasteiger charge is 2.31. The van der Waals surface area contributed by atoms with Crippen molar-refractivity contribution in [2.75, 3.05) is 25.0 Å². The molecule has 1 aromatic carbocycles. The molecular formula is C28H31F2N7O2. The molecule has 9 nitrogen and oxygen atoms in total. The number of aldehydes is 1. The number of rotatable bonds is 8. The molecule has 1 atom stereocenters. The van der Waals surface area contributed by atoms with Crippen molar-refractivity contribution in [1.29, 1.82) is 0 Å². The predicted octanol–water partition coefficient (Wildman–Crippen LogP) is 4.98. The van der Waals surface area contributed by atoms with Crippen LogP contribution in [-0.4, -0.2) is 61.0 Å². The number of anilines is 2. The number of morpholine rings is 1. The van der Waals surface area contributed by atoms with Gasteiger partial charge in [-0.2, -0.15) is 0 Å². The summed E-state index contributed by atoms with van der Waals surface area (Å²) in [4.78, 5) is 30.4. The second kappa shape index (κ2) is 10.7. The largest absolute Gasteiger partial charge is 0.372 e. The summed E-state index contributed by atoms with van der Waals surface area (Å²) in [5.41, 5.74) is 1.61. The molecule has 5 rings (SSSR count). The highest BCUT2D eigenvalue weighted by molar-refractivity contribution is 5.83. The molecular weight excluding hydrogens is 504 g/mol. The normalized spacial score (nSPS) is 18.1. The first-order valence-corrected chi connectivity index (χ1v) is 12.9. The summed E-state index contributed by atoms with van der Waals surface area (Å²) >= 11 is 0. The maximum atomic E-state index is 15.0. The van der Waals surface area contributed by atoms with Crippen molar-refractivity contribution in [3.8, 4) is 11.3 Å². The molecule has 0 aliphatic carbocycles. The number of carbonyl (C=O) groups is 1. The minimum Gasteiger partial charge on any atom is -0.372 e. The Hall–Kier alpha value is -3.83. The Kier molecular flexibility index (Phi) is 7.37. The Morgan fingerprint density at radius 3 is 2.69 bits per heavy atom. The molecule has 39 heavy (non-hydrogen) atoms. The number of fused-ring (bicyclic) bond motifs is 1. The fourth-order valence-corrected chi connectivity index (χ4v) is 5.11. The van der Waals surface area contributed by atoms with E-state index in [1.165, 1.54) is 6.07 Å². The number of pyridine rings is 1. The zero-order chi connectivity index (χ0) is 27.7. The van der Waals surface area contributed by atoms with Gasteiger partial charge in [0.25, 0.3) is 0 Å². The number of halogens is 2. The van der Waals surface area contributed by atoms with Crippen molar-refractivity contribution >= 4 is 29.1 Å². The molecule has 4 aromatic rings. The van der Waals surface area contributed by atoms with Crippen LogP contribution in [0.1, 0.15) is 44.6 Å². The van der Waals surface area contributed by atoms with Crippen LogP contribution in [0.5, 0.6) is 0 Å². The van der Waals surface area contributed by atoms with E-state index in [2.05, 4.69) is 30.2 Å². The molecule has 0 saturated carbocycles. The van der Waals surface area contributed by atoms with E-state index in [9.17, 15) is 13.6 Å². The van der Waals surface area contributed by atoms with Crippen molar-refractivity contribution in [3.63, 3.8) is 0 Å². The van der Waals surface area contributed by atoms with Crippen LogP contribution < -0.4 is 5.32 Å². The number of hydrogen-bond donors (Lipinski definition) is 1. The van der Waals surface area contributed by atoms with Crippen molar-refractivity contribution < 1.29 is 18.3 Å². The van der Waals surface area contributed by atoms with Gasteiger partial charge in [0.2, 0.25) is 5.95 Å². The minimum absolute atomic E-state index is 0.0234. The van der Waals surface area contributed by atoms with Gasteiger partial charge < -0.3 is 19.4 Å². The van der Waals surface area contributed by atoms with Crippen LogP contribution in [0.25, 0.3) is 22.3 Å². The molecule has 1 saturated heterocycles. The lowest BCUT2D eigenvalue weighted by atomic mass is 10.0. The molecule has 1 unspecified atom stereocenters. The first-order chi connectivity index (χ1) is 18.7. The zero-order valence-corrected chi connectivity index (χ0v) is 22.4. The third kappa shape index (κ3) is 5.64. The molecule has 204 valence electrons. The highest BCUT2D eigenvalue weighted by Crippen LogP contribution is 2.30. The van der Waals surface area contributed by atoms with Crippen molar-refractivity contribution in [2.24, 2.45) is 0 Å². The molecule has 0 spiro atoms. The topological polar surface area (TPSA) is 98.1 Å². The number of hydrogen-bond acceptors (Lipinski definition) is 8. The fourth-order valence-electron chi connectivity index (χ4n) is 5.11. The first kappa shape index (κ1) is 26.8. The van der Waals surface area contributed by atoms with Crippen molar-refractivity contribution in [1.82, 2.24) is 29.4 Å². The van der Waals surface area contributed by atoms with Gasteiger partial charge in [-0.3, -0.25) is 4.90 Å². The Bertz CT molecular complexity index is 1510. The molecule has 11 heteroatoms. The third-order valence-electron chi connectivity index (χ3n) is 6.86.